The first kappa shape index (κ1) is 21.0. The Labute approximate surface area is 194 Å². The zero-order valence-corrected chi connectivity index (χ0v) is 18.8. The van der Waals surface area contributed by atoms with E-state index in [4.69, 9.17) is 19.1 Å². The molecule has 174 valence electrons. The summed E-state index contributed by atoms with van der Waals surface area (Å²) in [6.07, 6.45) is 1.71. The Morgan fingerprint density at radius 1 is 1.00 bits per heavy atom. The Hall–Kier alpha value is -3.53. The summed E-state index contributed by atoms with van der Waals surface area (Å²) < 4.78 is 40.1. The highest BCUT2D eigenvalue weighted by molar-refractivity contribution is 5.92. The van der Waals surface area contributed by atoms with Gasteiger partial charge in [-0.1, -0.05) is 0 Å². The fourth-order valence-electron chi connectivity index (χ4n) is 4.11. The first-order valence-corrected chi connectivity index (χ1v) is 11.3. The van der Waals surface area contributed by atoms with E-state index in [0.717, 1.165) is 30.2 Å². The number of aryl methyl sites for hydroxylation is 2. The van der Waals surface area contributed by atoms with Crippen molar-refractivity contribution in [2.75, 3.05) is 24.6 Å². The van der Waals surface area contributed by atoms with E-state index in [9.17, 15) is 8.78 Å². The molecule has 4 aromatic rings. The fourth-order valence-corrected chi connectivity index (χ4v) is 4.11. The number of pyridine rings is 1. The number of fused-ring (bicyclic) bond motifs is 1. The summed E-state index contributed by atoms with van der Waals surface area (Å²) in [5.74, 6) is 0.491. The lowest BCUT2D eigenvalue weighted by molar-refractivity contribution is 0.0210. The average Bonchev–Trinajstić information content (AvgIpc) is 3.56. The van der Waals surface area contributed by atoms with Crippen LogP contribution < -0.4 is 4.90 Å². The van der Waals surface area contributed by atoms with Gasteiger partial charge in [-0.2, -0.15) is 4.98 Å². The van der Waals surface area contributed by atoms with Crippen molar-refractivity contribution in [2.45, 2.75) is 38.7 Å². The van der Waals surface area contributed by atoms with Gasteiger partial charge in [0.2, 0.25) is 17.7 Å². The maximum Gasteiger partial charge on any atom is 0.247 e. The van der Waals surface area contributed by atoms with Crippen molar-refractivity contribution in [3.63, 3.8) is 0 Å². The monoisotopic (exact) mass is 464 g/mol. The molecule has 2 fully saturated rings. The molecule has 1 saturated heterocycles. The third-order valence-corrected chi connectivity index (χ3v) is 6.31. The largest absolute Gasteiger partial charge is 0.422 e. The van der Waals surface area contributed by atoms with Crippen molar-refractivity contribution in [1.82, 2.24) is 25.1 Å². The highest BCUT2D eigenvalue weighted by Crippen LogP contribution is 2.40. The number of rotatable bonds is 4. The zero-order chi connectivity index (χ0) is 23.4. The Balaban J connectivity index is 1.41. The summed E-state index contributed by atoms with van der Waals surface area (Å²) in [7, 11) is 0. The van der Waals surface area contributed by atoms with Crippen LogP contribution in [-0.2, 0) is 4.74 Å². The van der Waals surface area contributed by atoms with Crippen LogP contribution in [-0.4, -0.2) is 44.8 Å². The van der Waals surface area contributed by atoms with Crippen LogP contribution in [0.1, 0.15) is 47.9 Å². The second-order valence-electron chi connectivity index (χ2n) is 8.82. The van der Waals surface area contributed by atoms with Crippen molar-refractivity contribution in [3.05, 3.63) is 58.9 Å². The zero-order valence-electron chi connectivity index (χ0n) is 18.8. The molecule has 6 rings (SSSR count). The molecule has 0 spiro atoms. The standard InChI is InChI=1S/C24H22F2N6O2/c1-12-9-17-20(16-6-5-15(25)10-18(16)26)28-24(29-21(17)27-13(12)2)32-7-8-33-19(11-32)23-31-30-22(34-23)14-3-4-14/h5-6,9-10,14,19H,3-4,7-8,11H2,1-2H3. The molecule has 4 heterocycles. The van der Waals surface area contributed by atoms with Gasteiger partial charge >= 0.3 is 0 Å². The maximum absolute atomic E-state index is 14.8. The van der Waals surface area contributed by atoms with E-state index in [0.29, 0.717) is 60.1 Å². The fraction of sp³-hybridized carbons (Fsp3) is 0.375. The second-order valence-corrected chi connectivity index (χ2v) is 8.82. The SMILES string of the molecule is Cc1cc2c(-c3ccc(F)cc3F)nc(N3CCOC(c4nnc(C5CC5)o4)C3)nc2nc1C. The highest BCUT2D eigenvalue weighted by atomic mass is 19.1. The van der Waals surface area contributed by atoms with Crippen molar-refractivity contribution >= 4 is 17.0 Å². The molecule has 8 nitrogen and oxygen atoms in total. The summed E-state index contributed by atoms with van der Waals surface area (Å²) in [6.45, 7) is 5.16. The van der Waals surface area contributed by atoms with Gasteiger partial charge in [0, 0.05) is 35.2 Å². The minimum Gasteiger partial charge on any atom is -0.422 e. The van der Waals surface area contributed by atoms with Gasteiger partial charge in [0.25, 0.3) is 0 Å². The highest BCUT2D eigenvalue weighted by Gasteiger charge is 2.33. The summed E-state index contributed by atoms with van der Waals surface area (Å²) in [4.78, 5) is 16.0. The lowest BCUT2D eigenvalue weighted by Gasteiger charge is -2.31. The number of ether oxygens (including phenoxy) is 1. The molecule has 1 unspecified atom stereocenters. The average molecular weight is 464 g/mol. The normalized spacial score (nSPS) is 18.6. The molecule has 0 radical (unpaired) electrons. The Morgan fingerprint density at radius 2 is 1.82 bits per heavy atom. The molecule has 2 aliphatic rings. The van der Waals surface area contributed by atoms with Crippen molar-refractivity contribution in [1.29, 1.82) is 0 Å². The first-order chi connectivity index (χ1) is 16.5. The van der Waals surface area contributed by atoms with Crippen molar-refractivity contribution < 1.29 is 17.9 Å². The number of hydrogen-bond donors (Lipinski definition) is 0. The molecule has 1 aromatic carbocycles. The molecule has 10 heteroatoms. The van der Waals surface area contributed by atoms with Crippen LogP contribution in [0.15, 0.2) is 28.7 Å². The van der Waals surface area contributed by atoms with Gasteiger partial charge in [-0.3, -0.25) is 0 Å². The third-order valence-electron chi connectivity index (χ3n) is 6.31. The van der Waals surface area contributed by atoms with Gasteiger partial charge < -0.3 is 14.1 Å². The van der Waals surface area contributed by atoms with Gasteiger partial charge in [-0.15, -0.1) is 10.2 Å². The number of morpholine rings is 1. The van der Waals surface area contributed by atoms with E-state index in [1.54, 1.807) is 0 Å². The number of anilines is 1. The van der Waals surface area contributed by atoms with Crippen LogP contribution in [0.3, 0.4) is 0 Å². The van der Waals surface area contributed by atoms with Crippen LogP contribution in [0, 0.1) is 25.5 Å². The van der Waals surface area contributed by atoms with E-state index in [1.807, 2.05) is 24.8 Å². The van der Waals surface area contributed by atoms with E-state index >= 15 is 0 Å². The Morgan fingerprint density at radius 3 is 2.62 bits per heavy atom. The lowest BCUT2D eigenvalue weighted by Crippen LogP contribution is -2.39. The number of nitrogens with zero attached hydrogens (tertiary/aromatic N) is 6. The summed E-state index contributed by atoms with van der Waals surface area (Å²) in [6, 6.07) is 5.36. The molecule has 1 aliphatic carbocycles. The predicted octanol–water partition coefficient (Wildman–Crippen LogP) is 4.43. The second kappa shape index (κ2) is 8.05. The minimum atomic E-state index is -0.692. The topological polar surface area (TPSA) is 90.1 Å². The molecule has 0 N–H and O–H groups in total. The number of benzene rings is 1. The lowest BCUT2D eigenvalue weighted by atomic mass is 10.1. The van der Waals surface area contributed by atoms with Crippen LogP contribution in [0.2, 0.25) is 0 Å². The van der Waals surface area contributed by atoms with Gasteiger partial charge in [-0.05, 0) is 50.5 Å². The predicted molar refractivity (Wildman–Crippen MR) is 119 cm³/mol. The van der Waals surface area contributed by atoms with E-state index < -0.39 is 17.7 Å². The number of halogens is 2. The summed E-state index contributed by atoms with van der Waals surface area (Å²) >= 11 is 0. The summed E-state index contributed by atoms with van der Waals surface area (Å²) in [5, 5.41) is 8.94. The number of hydrogen-bond acceptors (Lipinski definition) is 8. The van der Waals surface area contributed by atoms with Crippen molar-refractivity contribution in [2.24, 2.45) is 0 Å². The summed E-state index contributed by atoms with van der Waals surface area (Å²) in [5.41, 5.74) is 2.76. The third kappa shape index (κ3) is 3.77. The van der Waals surface area contributed by atoms with E-state index in [2.05, 4.69) is 15.2 Å². The van der Waals surface area contributed by atoms with Crippen LogP contribution in [0.5, 0.6) is 0 Å². The molecule has 0 amide bonds. The molecule has 1 aliphatic heterocycles. The molecule has 0 bridgehead atoms. The Bertz CT molecular complexity index is 1400. The van der Waals surface area contributed by atoms with Crippen LogP contribution in [0.25, 0.3) is 22.3 Å². The molecule has 1 atom stereocenters. The molecular formula is C24H22F2N6O2. The first-order valence-electron chi connectivity index (χ1n) is 11.3. The maximum atomic E-state index is 14.8. The smallest absolute Gasteiger partial charge is 0.247 e. The van der Waals surface area contributed by atoms with Crippen LogP contribution in [0.4, 0.5) is 14.7 Å². The van der Waals surface area contributed by atoms with Crippen LogP contribution >= 0.6 is 0 Å². The van der Waals surface area contributed by atoms with Gasteiger partial charge in [0.15, 0.2) is 11.8 Å². The molecule has 1 saturated carbocycles. The molecule has 3 aromatic heterocycles. The number of aromatic nitrogens is 5. The minimum absolute atomic E-state index is 0.191. The van der Waals surface area contributed by atoms with Gasteiger partial charge in [0.05, 0.1) is 18.8 Å². The van der Waals surface area contributed by atoms with Gasteiger partial charge in [-0.25, -0.2) is 18.7 Å². The van der Waals surface area contributed by atoms with Gasteiger partial charge in [0.1, 0.15) is 11.6 Å². The molecular weight excluding hydrogens is 442 g/mol. The van der Waals surface area contributed by atoms with E-state index in [1.165, 1.54) is 12.1 Å². The Kier molecular flexibility index (Phi) is 4.98. The quantitative estimate of drug-likeness (QED) is 0.438. The van der Waals surface area contributed by atoms with Crippen molar-refractivity contribution in [3.8, 4) is 11.3 Å². The van der Waals surface area contributed by atoms with E-state index in [-0.39, 0.29) is 5.56 Å². The molecule has 34 heavy (non-hydrogen) atoms.